The SMILES string of the molecule is CC[C@@H](C)n1c(S[C@H](C)C(=O)Nc2ccccc2C(C)C)nc2ccccc2c1=O. The summed E-state index contributed by atoms with van der Waals surface area (Å²) in [5.74, 6) is 0.202. The van der Waals surface area contributed by atoms with Crippen LogP contribution in [0.1, 0.15) is 58.6 Å². The second-order valence-electron chi connectivity index (χ2n) is 7.84. The number of nitrogens with one attached hydrogen (secondary N) is 1. The molecule has 0 saturated carbocycles. The van der Waals surface area contributed by atoms with Crippen molar-refractivity contribution in [2.24, 2.45) is 0 Å². The van der Waals surface area contributed by atoms with E-state index >= 15 is 0 Å². The molecule has 0 bridgehead atoms. The van der Waals surface area contributed by atoms with E-state index in [9.17, 15) is 9.59 Å². The van der Waals surface area contributed by atoms with Crippen LogP contribution in [-0.2, 0) is 4.79 Å². The molecular weight excluding hydrogens is 394 g/mol. The number of hydrogen-bond acceptors (Lipinski definition) is 4. The van der Waals surface area contributed by atoms with Gasteiger partial charge in [-0.25, -0.2) is 4.98 Å². The molecule has 0 unspecified atom stereocenters. The lowest BCUT2D eigenvalue weighted by Crippen LogP contribution is -2.28. The normalized spacial score (nSPS) is 13.4. The molecule has 0 saturated heterocycles. The highest BCUT2D eigenvalue weighted by atomic mass is 32.2. The molecule has 2 atom stereocenters. The minimum absolute atomic E-state index is 0.00552. The highest BCUT2D eigenvalue weighted by Crippen LogP contribution is 2.28. The topological polar surface area (TPSA) is 64.0 Å². The van der Waals surface area contributed by atoms with Crippen molar-refractivity contribution in [3.63, 3.8) is 0 Å². The summed E-state index contributed by atoms with van der Waals surface area (Å²) in [4.78, 5) is 30.8. The van der Waals surface area contributed by atoms with Gasteiger partial charge in [0.15, 0.2) is 5.16 Å². The van der Waals surface area contributed by atoms with Gasteiger partial charge in [0.2, 0.25) is 5.91 Å². The zero-order valence-electron chi connectivity index (χ0n) is 18.2. The molecule has 0 aliphatic heterocycles. The molecule has 158 valence electrons. The summed E-state index contributed by atoms with van der Waals surface area (Å²) >= 11 is 1.32. The van der Waals surface area contributed by atoms with Crippen LogP contribution >= 0.6 is 11.8 Å². The average molecular weight is 424 g/mol. The van der Waals surface area contributed by atoms with Crippen LogP contribution in [0.25, 0.3) is 10.9 Å². The van der Waals surface area contributed by atoms with Gasteiger partial charge in [-0.1, -0.05) is 62.9 Å². The fraction of sp³-hybridized carbons (Fsp3) is 0.375. The van der Waals surface area contributed by atoms with Crippen LogP contribution in [0.15, 0.2) is 58.5 Å². The number of hydrogen-bond donors (Lipinski definition) is 1. The maximum absolute atomic E-state index is 13.1. The molecule has 2 aromatic carbocycles. The molecule has 1 N–H and O–H groups in total. The van der Waals surface area contributed by atoms with E-state index in [0.717, 1.165) is 17.7 Å². The van der Waals surface area contributed by atoms with Crippen LogP contribution in [0.4, 0.5) is 5.69 Å². The molecule has 0 aliphatic rings. The number of carbonyl (C=O) groups excluding carboxylic acids is 1. The zero-order chi connectivity index (χ0) is 21.8. The Morgan fingerprint density at radius 2 is 1.73 bits per heavy atom. The van der Waals surface area contributed by atoms with E-state index in [1.54, 1.807) is 10.6 Å². The first-order chi connectivity index (χ1) is 14.3. The van der Waals surface area contributed by atoms with Crippen LogP contribution in [0, 0.1) is 0 Å². The highest BCUT2D eigenvalue weighted by Gasteiger charge is 2.22. The quantitative estimate of drug-likeness (QED) is 0.396. The van der Waals surface area contributed by atoms with Crippen molar-refractivity contribution in [1.29, 1.82) is 0 Å². The Kier molecular flexibility index (Phi) is 6.98. The third kappa shape index (κ3) is 4.59. The minimum atomic E-state index is -0.409. The number of nitrogens with zero attached hydrogens (tertiary/aromatic N) is 2. The van der Waals surface area contributed by atoms with Gasteiger partial charge in [0.05, 0.1) is 16.2 Å². The summed E-state index contributed by atoms with van der Waals surface area (Å²) in [6.07, 6.45) is 0.801. The van der Waals surface area contributed by atoms with Gasteiger partial charge in [0, 0.05) is 11.7 Å². The Morgan fingerprint density at radius 3 is 2.43 bits per heavy atom. The molecule has 1 heterocycles. The van der Waals surface area contributed by atoms with Crippen molar-refractivity contribution in [2.45, 2.75) is 63.4 Å². The maximum Gasteiger partial charge on any atom is 0.262 e. The zero-order valence-corrected chi connectivity index (χ0v) is 19.0. The van der Waals surface area contributed by atoms with E-state index in [2.05, 4.69) is 19.2 Å². The number of benzene rings is 2. The standard InChI is InChI=1S/C24H29N3O2S/c1-6-16(4)27-23(29)19-12-8-10-14-21(19)26-24(27)30-17(5)22(28)25-20-13-9-7-11-18(20)15(2)3/h7-17H,6H2,1-5H3,(H,25,28)/t16-,17-/m1/s1. The van der Waals surface area contributed by atoms with Gasteiger partial charge in [-0.15, -0.1) is 0 Å². The first kappa shape index (κ1) is 22.1. The number of para-hydroxylation sites is 2. The Bertz CT molecular complexity index is 1110. The third-order valence-corrected chi connectivity index (χ3v) is 6.37. The number of rotatable bonds is 7. The number of carbonyl (C=O) groups is 1. The summed E-state index contributed by atoms with van der Waals surface area (Å²) in [5, 5.41) is 3.82. The molecule has 1 amide bonds. The van der Waals surface area contributed by atoms with E-state index in [0.29, 0.717) is 22.0 Å². The first-order valence-corrected chi connectivity index (χ1v) is 11.3. The van der Waals surface area contributed by atoms with Crippen molar-refractivity contribution < 1.29 is 4.79 Å². The van der Waals surface area contributed by atoms with Crippen LogP contribution in [-0.4, -0.2) is 20.7 Å². The first-order valence-electron chi connectivity index (χ1n) is 10.4. The lowest BCUT2D eigenvalue weighted by atomic mass is 10.0. The second kappa shape index (κ2) is 9.47. The fourth-order valence-corrected chi connectivity index (χ4v) is 4.35. The lowest BCUT2D eigenvalue weighted by molar-refractivity contribution is -0.115. The Balaban J connectivity index is 1.92. The molecule has 3 aromatic rings. The molecule has 0 aliphatic carbocycles. The summed E-state index contributed by atoms with van der Waals surface area (Å²) < 4.78 is 1.72. The summed E-state index contributed by atoms with van der Waals surface area (Å²) in [7, 11) is 0. The molecule has 6 heteroatoms. The molecule has 0 fully saturated rings. The van der Waals surface area contributed by atoms with Gasteiger partial charge in [-0.3, -0.25) is 14.2 Å². The fourth-order valence-electron chi connectivity index (χ4n) is 3.34. The van der Waals surface area contributed by atoms with Gasteiger partial charge in [0.25, 0.3) is 5.56 Å². The summed E-state index contributed by atoms with van der Waals surface area (Å²) in [5.41, 5.74) is 2.52. The van der Waals surface area contributed by atoms with Crippen LogP contribution in [0.2, 0.25) is 0 Å². The van der Waals surface area contributed by atoms with Crippen LogP contribution in [0.3, 0.4) is 0 Å². The molecule has 3 rings (SSSR count). The van der Waals surface area contributed by atoms with Crippen molar-refractivity contribution in [3.8, 4) is 0 Å². The largest absolute Gasteiger partial charge is 0.325 e. The molecule has 5 nitrogen and oxygen atoms in total. The Hall–Kier alpha value is -2.60. The number of thioether (sulfide) groups is 1. The molecule has 30 heavy (non-hydrogen) atoms. The average Bonchev–Trinajstić information content (AvgIpc) is 2.73. The smallest absolute Gasteiger partial charge is 0.262 e. The third-order valence-electron chi connectivity index (χ3n) is 5.30. The monoisotopic (exact) mass is 423 g/mol. The number of fused-ring (bicyclic) bond motifs is 1. The summed E-state index contributed by atoms with van der Waals surface area (Å²) in [6, 6.07) is 15.2. The number of amides is 1. The van der Waals surface area contributed by atoms with Crippen LogP contribution in [0.5, 0.6) is 0 Å². The molecule has 1 aromatic heterocycles. The summed E-state index contributed by atoms with van der Waals surface area (Å²) in [6.45, 7) is 10.1. The van der Waals surface area contributed by atoms with E-state index in [4.69, 9.17) is 4.98 Å². The number of anilines is 1. The van der Waals surface area contributed by atoms with E-state index in [-0.39, 0.29) is 17.5 Å². The maximum atomic E-state index is 13.1. The van der Waals surface area contributed by atoms with Crippen molar-refractivity contribution in [3.05, 3.63) is 64.4 Å². The van der Waals surface area contributed by atoms with Gasteiger partial charge >= 0.3 is 0 Å². The van der Waals surface area contributed by atoms with Crippen LogP contribution < -0.4 is 10.9 Å². The van der Waals surface area contributed by atoms with Crippen molar-refractivity contribution in [1.82, 2.24) is 9.55 Å². The Labute approximate surface area is 181 Å². The van der Waals surface area contributed by atoms with E-state index in [1.807, 2.05) is 63.2 Å². The predicted octanol–water partition coefficient (Wildman–Crippen LogP) is 5.61. The minimum Gasteiger partial charge on any atom is -0.325 e. The molecule has 0 radical (unpaired) electrons. The van der Waals surface area contributed by atoms with Gasteiger partial charge in [0.1, 0.15) is 0 Å². The predicted molar refractivity (Wildman–Crippen MR) is 125 cm³/mol. The number of aromatic nitrogens is 2. The lowest BCUT2D eigenvalue weighted by Gasteiger charge is -2.20. The highest BCUT2D eigenvalue weighted by molar-refractivity contribution is 8.00. The van der Waals surface area contributed by atoms with E-state index < -0.39 is 5.25 Å². The van der Waals surface area contributed by atoms with Gasteiger partial charge in [-0.2, -0.15) is 0 Å². The van der Waals surface area contributed by atoms with E-state index in [1.165, 1.54) is 11.8 Å². The van der Waals surface area contributed by atoms with Gasteiger partial charge in [-0.05, 0) is 49.9 Å². The van der Waals surface area contributed by atoms with Crippen molar-refractivity contribution >= 4 is 34.3 Å². The van der Waals surface area contributed by atoms with Gasteiger partial charge < -0.3 is 5.32 Å². The Morgan fingerprint density at radius 1 is 1.07 bits per heavy atom. The molecular formula is C24H29N3O2S. The second-order valence-corrected chi connectivity index (χ2v) is 9.14. The van der Waals surface area contributed by atoms with Crippen molar-refractivity contribution in [2.75, 3.05) is 5.32 Å². The molecule has 0 spiro atoms.